The van der Waals surface area contributed by atoms with Crippen LogP contribution in [0.3, 0.4) is 0 Å². The zero-order chi connectivity index (χ0) is 13.6. The van der Waals surface area contributed by atoms with Crippen molar-refractivity contribution in [2.24, 2.45) is 0 Å². The van der Waals surface area contributed by atoms with Gasteiger partial charge in [-0.2, -0.15) is 0 Å². The third-order valence-electron chi connectivity index (χ3n) is 3.67. The summed E-state index contributed by atoms with van der Waals surface area (Å²) in [4.78, 5) is 0. The van der Waals surface area contributed by atoms with E-state index < -0.39 is 11.6 Å². The van der Waals surface area contributed by atoms with Gasteiger partial charge in [-0.3, -0.25) is 0 Å². The zero-order valence-corrected chi connectivity index (χ0v) is 12.2. The van der Waals surface area contributed by atoms with Crippen LogP contribution in [0.25, 0.3) is 0 Å². The summed E-state index contributed by atoms with van der Waals surface area (Å²) in [5.74, 6) is -1.09. The highest BCUT2D eigenvalue weighted by atomic mass is 16.8. The standard InChI is InChI=1S/C13H25NO4/c1-11(2,15-6)16-7-9-10-13(5,8-14-9)18-12(3,4)17-10/h9-10,14H,7-8H2,1-6H3/t9-,10-,13+/m1/s1. The van der Waals surface area contributed by atoms with Crippen LogP contribution < -0.4 is 5.32 Å². The maximum atomic E-state index is 5.98. The highest BCUT2D eigenvalue weighted by Gasteiger charge is 2.57. The van der Waals surface area contributed by atoms with Gasteiger partial charge < -0.3 is 24.3 Å². The molecule has 0 saturated carbocycles. The van der Waals surface area contributed by atoms with Crippen LogP contribution in [0.2, 0.25) is 0 Å². The molecule has 5 heteroatoms. The van der Waals surface area contributed by atoms with Crippen molar-refractivity contribution in [3.8, 4) is 0 Å². The van der Waals surface area contributed by atoms with Gasteiger partial charge in [-0.1, -0.05) is 0 Å². The minimum atomic E-state index is -0.574. The molecule has 18 heavy (non-hydrogen) atoms. The summed E-state index contributed by atoms with van der Waals surface area (Å²) < 4.78 is 23.0. The Kier molecular flexibility index (Phi) is 3.49. The van der Waals surface area contributed by atoms with E-state index in [-0.39, 0.29) is 17.7 Å². The third kappa shape index (κ3) is 2.70. The lowest BCUT2D eigenvalue weighted by molar-refractivity contribution is -0.206. The van der Waals surface area contributed by atoms with Gasteiger partial charge >= 0.3 is 0 Å². The number of ether oxygens (including phenoxy) is 4. The second kappa shape index (κ2) is 4.42. The first kappa shape index (κ1) is 14.2. The Morgan fingerprint density at radius 3 is 2.61 bits per heavy atom. The maximum Gasteiger partial charge on any atom is 0.164 e. The molecule has 0 amide bonds. The van der Waals surface area contributed by atoms with Gasteiger partial charge in [0.05, 0.1) is 12.6 Å². The first-order valence-corrected chi connectivity index (χ1v) is 6.48. The first-order valence-electron chi connectivity index (χ1n) is 6.48. The Balaban J connectivity index is 1.97. The summed E-state index contributed by atoms with van der Waals surface area (Å²) in [6, 6.07) is 0.131. The normalized spacial score (nSPS) is 39.0. The summed E-state index contributed by atoms with van der Waals surface area (Å²) in [6.45, 7) is 11.1. The van der Waals surface area contributed by atoms with Crippen LogP contribution in [-0.2, 0) is 18.9 Å². The molecule has 2 aliphatic heterocycles. The van der Waals surface area contributed by atoms with Crippen LogP contribution in [0.5, 0.6) is 0 Å². The lowest BCUT2D eigenvalue weighted by Gasteiger charge is -2.28. The van der Waals surface area contributed by atoms with Crippen molar-refractivity contribution >= 4 is 0 Å². The van der Waals surface area contributed by atoms with Gasteiger partial charge in [-0.05, 0) is 34.6 Å². The number of methoxy groups -OCH3 is 1. The molecule has 0 bridgehead atoms. The van der Waals surface area contributed by atoms with Crippen molar-refractivity contribution in [1.29, 1.82) is 0 Å². The molecule has 2 heterocycles. The number of nitrogens with one attached hydrogen (secondary N) is 1. The molecule has 0 spiro atoms. The fraction of sp³-hybridized carbons (Fsp3) is 1.00. The Bertz CT molecular complexity index is 318. The molecular weight excluding hydrogens is 234 g/mol. The molecule has 0 unspecified atom stereocenters. The summed E-state index contributed by atoms with van der Waals surface area (Å²) in [7, 11) is 1.64. The van der Waals surface area contributed by atoms with E-state index in [9.17, 15) is 0 Å². The SMILES string of the molecule is COC(C)(C)OC[C@H]1NC[C@]2(C)OC(C)(C)O[C@H]12. The van der Waals surface area contributed by atoms with Crippen LogP contribution >= 0.6 is 0 Å². The summed E-state index contributed by atoms with van der Waals surface area (Å²) in [5.41, 5.74) is -0.269. The molecule has 106 valence electrons. The van der Waals surface area contributed by atoms with Crippen molar-refractivity contribution in [1.82, 2.24) is 5.32 Å². The number of hydrogen-bond donors (Lipinski definition) is 1. The molecule has 3 atom stereocenters. The minimum absolute atomic E-state index is 0.0140. The maximum absolute atomic E-state index is 5.98. The molecule has 2 fully saturated rings. The van der Waals surface area contributed by atoms with Crippen LogP contribution in [0.4, 0.5) is 0 Å². The Hall–Kier alpha value is -0.200. The molecule has 1 N–H and O–H groups in total. The van der Waals surface area contributed by atoms with Crippen molar-refractivity contribution in [2.45, 2.75) is 63.9 Å². The minimum Gasteiger partial charge on any atom is -0.354 e. The van der Waals surface area contributed by atoms with Gasteiger partial charge in [0, 0.05) is 13.7 Å². The van der Waals surface area contributed by atoms with Gasteiger partial charge in [-0.25, -0.2) is 0 Å². The number of rotatable bonds is 4. The molecule has 0 aromatic heterocycles. The van der Waals surface area contributed by atoms with E-state index in [1.54, 1.807) is 7.11 Å². The molecule has 0 aliphatic carbocycles. The topological polar surface area (TPSA) is 49.0 Å². The van der Waals surface area contributed by atoms with Crippen molar-refractivity contribution in [3.05, 3.63) is 0 Å². The summed E-state index contributed by atoms with van der Waals surface area (Å²) >= 11 is 0. The third-order valence-corrected chi connectivity index (χ3v) is 3.67. The molecule has 2 saturated heterocycles. The monoisotopic (exact) mass is 259 g/mol. The van der Waals surface area contributed by atoms with E-state index in [0.29, 0.717) is 6.61 Å². The first-order chi connectivity index (χ1) is 8.18. The lowest BCUT2D eigenvalue weighted by Crippen LogP contribution is -2.43. The van der Waals surface area contributed by atoms with Crippen LogP contribution in [0.1, 0.15) is 34.6 Å². The van der Waals surface area contributed by atoms with Gasteiger partial charge in [-0.15, -0.1) is 0 Å². The Labute approximate surface area is 109 Å². The Morgan fingerprint density at radius 1 is 1.33 bits per heavy atom. The Morgan fingerprint density at radius 2 is 2.00 bits per heavy atom. The number of hydrogen-bond acceptors (Lipinski definition) is 5. The molecule has 2 rings (SSSR count). The average molecular weight is 259 g/mol. The van der Waals surface area contributed by atoms with E-state index in [2.05, 4.69) is 12.2 Å². The van der Waals surface area contributed by atoms with E-state index in [1.165, 1.54) is 0 Å². The number of fused-ring (bicyclic) bond motifs is 1. The molecule has 0 aromatic carbocycles. The second-order valence-corrected chi connectivity index (χ2v) is 6.26. The second-order valence-electron chi connectivity index (χ2n) is 6.26. The highest BCUT2D eigenvalue weighted by molar-refractivity contribution is 5.06. The van der Waals surface area contributed by atoms with Crippen molar-refractivity contribution in [2.75, 3.05) is 20.3 Å². The fourth-order valence-corrected chi connectivity index (χ4v) is 2.65. The smallest absolute Gasteiger partial charge is 0.164 e. The molecule has 2 aliphatic rings. The summed E-state index contributed by atoms with van der Waals surface area (Å²) in [6.07, 6.45) is 0.0140. The van der Waals surface area contributed by atoms with E-state index in [1.807, 2.05) is 27.7 Å². The van der Waals surface area contributed by atoms with Crippen molar-refractivity contribution in [3.63, 3.8) is 0 Å². The predicted molar refractivity (Wildman–Crippen MR) is 67.3 cm³/mol. The molecule has 5 nitrogen and oxygen atoms in total. The van der Waals surface area contributed by atoms with Crippen LogP contribution in [-0.4, -0.2) is 49.6 Å². The summed E-state index contributed by atoms with van der Waals surface area (Å²) in [5, 5.41) is 3.40. The zero-order valence-electron chi connectivity index (χ0n) is 12.2. The molecule has 0 radical (unpaired) electrons. The predicted octanol–water partition coefficient (Wildman–Crippen LogP) is 1.27. The van der Waals surface area contributed by atoms with Gasteiger partial charge in [0.15, 0.2) is 11.6 Å². The van der Waals surface area contributed by atoms with E-state index in [0.717, 1.165) is 6.54 Å². The quantitative estimate of drug-likeness (QED) is 0.770. The highest BCUT2D eigenvalue weighted by Crippen LogP contribution is 2.40. The van der Waals surface area contributed by atoms with E-state index in [4.69, 9.17) is 18.9 Å². The molecule has 0 aromatic rings. The van der Waals surface area contributed by atoms with Gasteiger partial charge in [0.2, 0.25) is 0 Å². The average Bonchev–Trinajstić information content (AvgIpc) is 2.64. The van der Waals surface area contributed by atoms with E-state index >= 15 is 0 Å². The largest absolute Gasteiger partial charge is 0.354 e. The fourth-order valence-electron chi connectivity index (χ4n) is 2.65. The van der Waals surface area contributed by atoms with Crippen LogP contribution in [0, 0.1) is 0 Å². The van der Waals surface area contributed by atoms with Gasteiger partial charge in [0.25, 0.3) is 0 Å². The van der Waals surface area contributed by atoms with Crippen LogP contribution in [0.15, 0.2) is 0 Å². The molecular formula is C13H25NO4. The van der Waals surface area contributed by atoms with Crippen molar-refractivity contribution < 1.29 is 18.9 Å². The van der Waals surface area contributed by atoms with Gasteiger partial charge in [0.1, 0.15) is 11.7 Å². The lowest BCUT2D eigenvalue weighted by atomic mass is 9.99.